The van der Waals surface area contributed by atoms with Crippen molar-refractivity contribution in [1.82, 2.24) is 9.80 Å². The summed E-state index contributed by atoms with van der Waals surface area (Å²) in [5.74, 6) is 0. The second-order valence-corrected chi connectivity index (χ2v) is 3.68. The number of rotatable bonds is 2. The smallest absolute Gasteiger partial charge is 0.0822 e. The molecule has 1 saturated heterocycles. The Kier molecular flexibility index (Phi) is 3.63. The second-order valence-electron chi connectivity index (χ2n) is 3.04. The third kappa shape index (κ3) is 2.62. The Morgan fingerprint density at radius 3 is 2.18 bits per heavy atom. The molecule has 1 atom stereocenters. The molecule has 1 unspecified atom stereocenters. The molecule has 0 spiro atoms. The zero-order valence-electron chi connectivity index (χ0n) is 7.39. The van der Waals surface area contributed by atoms with Crippen LogP contribution in [0.15, 0.2) is 0 Å². The molecule has 0 amide bonds. The van der Waals surface area contributed by atoms with E-state index in [0.717, 1.165) is 13.1 Å². The van der Waals surface area contributed by atoms with Crippen LogP contribution in [0.2, 0.25) is 0 Å². The lowest BCUT2D eigenvalue weighted by atomic mass is 10.3. The number of piperazine rings is 1. The summed E-state index contributed by atoms with van der Waals surface area (Å²) in [6, 6.07) is 0. The Hall–Kier alpha value is 0.210. The molecular formula is C8H17ClN2. The maximum atomic E-state index is 5.95. The number of hydrogen-bond donors (Lipinski definition) is 0. The van der Waals surface area contributed by atoms with Gasteiger partial charge in [0.2, 0.25) is 0 Å². The van der Waals surface area contributed by atoms with Crippen molar-refractivity contribution in [2.75, 3.05) is 32.7 Å². The highest BCUT2D eigenvalue weighted by Crippen LogP contribution is 2.07. The van der Waals surface area contributed by atoms with E-state index in [9.17, 15) is 0 Å². The zero-order valence-corrected chi connectivity index (χ0v) is 8.14. The fourth-order valence-electron chi connectivity index (χ4n) is 1.44. The first kappa shape index (κ1) is 9.30. The summed E-state index contributed by atoms with van der Waals surface area (Å²) in [5.41, 5.74) is 0.203. The lowest BCUT2D eigenvalue weighted by molar-refractivity contribution is 0.131. The van der Waals surface area contributed by atoms with E-state index in [1.54, 1.807) is 0 Å². The van der Waals surface area contributed by atoms with Crippen molar-refractivity contribution < 1.29 is 0 Å². The lowest BCUT2D eigenvalue weighted by Gasteiger charge is -2.35. The maximum absolute atomic E-state index is 5.95. The fourth-order valence-corrected chi connectivity index (χ4v) is 1.63. The van der Waals surface area contributed by atoms with Crippen molar-refractivity contribution in [3.05, 3.63) is 0 Å². The predicted molar refractivity (Wildman–Crippen MR) is 49.0 cm³/mol. The van der Waals surface area contributed by atoms with Gasteiger partial charge in [-0.3, -0.25) is 4.90 Å². The van der Waals surface area contributed by atoms with Crippen molar-refractivity contribution >= 4 is 11.6 Å². The summed E-state index contributed by atoms with van der Waals surface area (Å²) >= 11 is 5.95. The van der Waals surface area contributed by atoms with E-state index >= 15 is 0 Å². The average molecular weight is 177 g/mol. The summed E-state index contributed by atoms with van der Waals surface area (Å²) in [4.78, 5) is 4.77. The van der Waals surface area contributed by atoms with Crippen LogP contribution in [0.4, 0.5) is 0 Å². The highest BCUT2D eigenvalue weighted by molar-refractivity contribution is 6.20. The van der Waals surface area contributed by atoms with Gasteiger partial charge in [0.1, 0.15) is 0 Å². The van der Waals surface area contributed by atoms with Crippen LogP contribution in [0, 0.1) is 0 Å². The largest absolute Gasteiger partial charge is 0.301 e. The van der Waals surface area contributed by atoms with E-state index < -0.39 is 0 Å². The van der Waals surface area contributed by atoms with E-state index in [4.69, 9.17) is 11.6 Å². The average Bonchev–Trinajstić information content (AvgIpc) is 2.05. The number of likely N-dealkylation sites (N-methyl/N-ethyl adjacent to an activating group) is 1. The molecule has 0 bridgehead atoms. The Balaban J connectivity index is 2.24. The van der Waals surface area contributed by atoms with Gasteiger partial charge in [0.05, 0.1) is 5.50 Å². The summed E-state index contributed by atoms with van der Waals surface area (Å²) in [5, 5.41) is 0. The van der Waals surface area contributed by atoms with Crippen molar-refractivity contribution in [3.8, 4) is 0 Å². The topological polar surface area (TPSA) is 6.48 Å². The van der Waals surface area contributed by atoms with Crippen LogP contribution in [-0.2, 0) is 0 Å². The van der Waals surface area contributed by atoms with Crippen LogP contribution >= 0.6 is 11.6 Å². The van der Waals surface area contributed by atoms with Crippen molar-refractivity contribution in [2.24, 2.45) is 0 Å². The Morgan fingerprint density at radius 1 is 1.27 bits per heavy atom. The van der Waals surface area contributed by atoms with Gasteiger partial charge in [0.25, 0.3) is 0 Å². The van der Waals surface area contributed by atoms with Gasteiger partial charge in [-0.15, -0.1) is 11.6 Å². The van der Waals surface area contributed by atoms with Gasteiger partial charge in [-0.25, -0.2) is 0 Å². The summed E-state index contributed by atoms with van der Waals surface area (Å²) in [6.45, 7) is 10.0. The van der Waals surface area contributed by atoms with Crippen LogP contribution in [0.1, 0.15) is 13.8 Å². The third-order valence-corrected chi connectivity index (χ3v) is 2.63. The molecular weight excluding hydrogens is 160 g/mol. The van der Waals surface area contributed by atoms with Crippen LogP contribution in [-0.4, -0.2) is 48.0 Å². The molecule has 11 heavy (non-hydrogen) atoms. The Bertz CT molecular complexity index is 109. The fraction of sp³-hybridized carbons (Fsp3) is 1.00. The van der Waals surface area contributed by atoms with Crippen LogP contribution < -0.4 is 0 Å². The molecule has 0 N–H and O–H groups in total. The molecule has 0 aromatic heterocycles. The molecule has 0 aliphatic carbocycles. The minimum Gasteiger partial charge on any atom is -0.301 e. The molecule has 0 aromatic rings. The lowest BCUT2D eigenvalue weighted by Crippen LogP contribution is -2.47. The van der Waals surface area contributed by atoms with Gasteiger partial charge in [0.15, 0.2) is 0 Å². The number of alkyl halides is 1. The predicted octanol–water partition coefficient (Wildman–Crippen LogP) is 1.21. The molecule has 0 radical (unpaired) electrons. The molecule has 1 fully saturated rings. The number of halogens is 1. The van der Waals surface area contributed by atoms with E-state index in [1.165, 1.54) is 19.6 Å². The quantitative estimate of drug-likeness (QED) is 0.461. The van der Waals surface area contributed by atoms with Gasteiger partial charge >= 0.3 is 0 Å². The molecule has 0 aromatic carbocycles. The first-order valence-corrected chi connectivity index (χ1v) is 4.78. The SMILES string of the molecule is CCN1CCN(C(C)Cl)CC1. The van der Waals surface area contributed by atoms with E-state index in [-0.39, 0.29) is 5.50 Å². The van der Waals surface area contributed by atoms with Gasteiger partial charge < -0.3 is 4.90 Å². The normalized spacial score (nSPS) is 25.4. The summed E-state index contributed by atoms with van der Waals surface area (Å²) < 4.78 is 0. The summed E-state index contributed by atoms with van der Waals surface area (Å²) in [7, 11) is 0. The van der Waals surface area contributed by atoms with Crippen molar-refractivity contribution in [2.45, 2.75) is 19.3 Å². The van der Waals surface area contributed by atoms with E-state index in [1.807, 2.05) is 6.92 Å². The molecule has 2 nitrogen and oxygen atoms in total. The van der Waals surface area contributed by atoms with Gasteiger partial charge in [-0.1, -0.05) is 6.92 Å². The molecule has 66 valence electrons. The standard InChI is InChI=1S/C8H17ClN2/c1-3-10-4-6-11(7-5-10)8(2)9/h8H,3-7H2,1-2H3. The maximum Gasteiger partial charge on any atom is 0.0822 e. The Morgan fingerprint density at radius 2 is 1.82 bits per heavy atom. The van der Waals surface area contributed by atoms with Gasteiger partial charge in [-0.05, 0) is 13.5 Å². The Labute approximate surface area is 74.1 Å². The number of hydrogen-bond acceptors (Lipinski definition) is 2. The molecule has 1 heterocycles. The van der Waals surface area contributed by atoms with Crippen LogP contribution in [0.3, 0.4) is 0 Å². The first-order chi connectivity index (χ1) is 5.24. The monoisotopic (exact) mass is 176 g/mol. The second kappa shape index (κ2) is 4.29. The first-order valence-electron chi connectivity index (χ1n) is 4.34. The highest BCUT2D eigenvalue weighted by atomic mass is 35.5. The van der Waals surface area contributed by atoms with Crippen LogP contribution in [0.25, 0.3) is 0 Å². The molecule has 0 saturated carbocycles. The zero-order chi connectivity index (χ0) is 8.27. The highest BCUT2D eigenvalue weighted by Gasteiger charge is 2.17. The van der Waals surface area contributed by atoms with Gasteiger partial charge in [0, 0.05) is 26.2 Å². The summed E-state index contributed by atoms with van der Waals surface area (Å²) in [6.07, 6.45) is 0. The molecule has 1 rings (SSSR count). The third-order valence-electron chi connectivity index (χ3n) is 2.36. The van der Waals surface area contributed by atoms with E-state index in [0.29, 0.717) is 0 Å². The van der Waals surface area contributed by atoms with Crippen molar-refractivity contribution in [3.63, 3.8) is 0 Å². The molecule has 3 heteroatoms. The number of nitrogens with zero attached hydrogens (tertiary/aromatic N) is 2. The molecule has 1 aliphatic rings. The van der Waals surface area contributed by atoms with Crippen LogP contribution in [0.5, 0.6) is 0 Å². The molecule has 1 aliphatic heterocycles. The minimum atomic E-state index is 0.203. The van der Waals surface area contributed by atoms with E-state index in [2.05, 4.69) is 16.7 Å². The van der Waals surface area contributed by atoms with Crippen molar-refractivity contribution in [1.29, 1.82) is 0 Å². The van der Waals surface area contributed by atoms with Gasteiger partial charge in [-0.2, -0.15) is 0 Å². The minimum absolute atomic E-state index is 0.203.